The van der Waals surface area contributed by atoms with Gasteiger partial charge < -0.3 is 14.8 Å². The van der Waals surface area contributed by atoms with Gasteiger partial charge in [0.05, 0.1) is 18.8 Å². The summed E-state index contributed by atoms with van der Waals surface area (Å²) in [6.07, 6.45) is 4.15. The van der Waals surface area contributed by atoms with Crippen LogP contribution >= 0.6 is 0 Å². The van der Waals surface area contributed by atoms with E-state index < -0.39 is 11.9 Å². The second-order valence-corrected chi connectivity index (χ2v) is 4.69. The molecule has 0 aromatic carbocycles. The summed E-state index contributed by atoms with van der Waals surface area (Å²) in [7, 11) is 0. The van der Waals surface area contributed by atoms with Gasteiger partial charge >= 0.3 is 11.9 Å². The van der Waals surface area contributed by atoms with E-state index in [0.717, 1.165) is 32.3 Å². The fourth-order valence-corrected chi connectivity index (χ4v) is 2.56. The van der Waals surface area contributed by atoms with Crippen LogP contribution in [-0.4, -0.2) is 37.2 Å². The van der Waals surface area contributed by atoms with Crippen LogP contribution in [0, 0.1) is 5.92 Å². The first-order valence-electron chi connectivity index (χ1n) is 6.30. The van der Waals surface area contributed by atoms with Gasteiger partial charge in [0.15, 0.2) is 0 Å². The molecule has 2 aliphatic heterocycles. The Bertz CT molecular complexity index is 297. The monoisotopic (exact) mass is 241 g/mol. The van der Waals surface area contributed by atoms with Crippen molar-refractivity contribution in [2.24, 2.45) is 5.92 Å². The first-order valence-corrected chi connectivity index (χ1v) is 6.30. The molecule has 2 heterocycles. The lowest BCUT2D eigenvalue weighted by atomic mass is 10.00. The number of carbonyl (C=O) groups excluding carboxylic acids is 2. The number of ether oxygens (including phenoxy) is 2. The van der Waals surface area contributed by atoms with Crippen LogP contribution in [0.1, 0.15) is 32.6 Å². The fraction of sp³-hybridized carbons (Fsp3) is 0.833. The molecule has 0 spiro atoms. The van der Waals surface area contributed by atoms with E-state index in [2.05, 4.69) is 10.1 Å². The minimum atomic E-state index is -0.800. The summed E-state index contributed by atoms with van der Waals surface area (Å²) in [6.45, 7) is 2.69. The van der Waals surface area contributed by atoms with Crippen LogP contribution in [0.3, 0.4) is 0 Å². The van der Waals surface area contributed by atoms with Gasteiger partial charge in [-0.05, 0) is 38.5 Å². The maximum Gasteiger partial charge on any atom is 0.396 e. The van der Waals surface area contributed by atoms with Crippen molar-refractivity contribution in [2.75, 3.05) is 13.2 Å². The molecule has 0 aromatic rings. The lowest BCUT2D eigenvalue weighted by molar-refractivity contribution is -0.155. The van der Waals surface area contributed by atoms with E-state index in [0.29, 0.717) is 5.92 Å². The van der Waals surface area contributed by atoms with Gasteiger partial charge in [0.1, 0.15) is 0 Å². The third-order valence-electron chi connectivity index (χ3n) is 3.52. The van der Waals surface area contributed by atoms with Crippen molar-refractivity contribution in [1.82, 2.24) is 5.32 Å². The van der Waals surface area contributed by atoms with E-state index in [1.54, 1.807) is 6.92 Å². The van der Waals surface area contributed by atoms with Crippen molar-refractivity contribution in [3.63, 3.8) is 0 Å². The zero-order valence-corrected chi connectivity index (χ0v) is 10.1. The van der Waals surface area contributed by atoms with E-state index in [4.69, 9.17) is 4.74 Å². The number of rotatable bonds is 2. The smallest absolute Gasteiger partial charge is 0.396 e. The van der Waals surface area contributed by atoms with Gasteiger partial charge in [0.2, 0.25) is 0 Å². The number of esters is 1. The molecule has 3 rings (SSSR count). The minimum absolute atomic E-state index is 0.0422. The molecule has 3 aliphatic rings. The molecule has 3 atom stereocenters. The molecular weight excluding hydrogens is 222 g/mol. The highest BCUT2D eigenvalue weighted by Crippen LogP contribution is 2.31. The van der Waals surface area contributed by atoms with E-state index in [1.807, 2.05) is 0 Å². The van der Waals surface area contributed by atoms with Crippen LogP contribution < -0.4 is 5.32 Å². The van der Waals surface area contributed by atoms with Crippen LogP contribution in [0.2, 0.25) is 0 Å². The Kier molecular flexibility index (Phi) is 3.99. The summed E-state index contributed by atoms with van der Waals surface area (Å²) < 4.78 is 10.4. The third-order valence-corrected chi connectivity index (χ3v) is 3.52. The minimum Gasteiger partial charge on any atom is -0.459 e. The Morgan fingerprint density at radius 3 is 2.71 bits per heavy atom. The fourth-order valence-electron chi connectivity index (χ4n) is 2.56. The maximum atomic E-state index is 11.5. The summed E-state index contributed by atoms with van der Waals surface area (Å²) in [5, 5.41) is 2.73. The summed E-state index contributed by atoms with van der Waals surface area (Å²) in [5.74, 6) is -0.826. The van der Waals surface area contributed by atoms with E-state index in [1.165, 1.54) is 0 Å². The van der Waals surface area contributed by atoms with E-state index in [-0.39, 0.29) is 18.8 Å². The normalized spacial score (nSPS) is 31.7. The average Bonchev–Trinajstić information content (AvgIpc) is 2.63. The molecule has 96 valence electrons. The van der Waals surface area contributed by atoms with E-state index >= 15 is 0 Å². The SMILES string of the molecule is CCOC(=O)C(=O)NC1CCC2CCC1OC2. The molecule has 1 N–H and O–H groups in total. The van der Waals surface area contributed by atoms with Crippen molar-refractivity contribution in [2.45, 2.75) is 44.8 Å². The summed E-state index contributed by atoms with van der Waals surface area (Å²) in [5.41, 5.74) is 0. The molecule has 2 bridgehead atoms. The molecular formula is C12H19NO4. The molecule has 17 heavy (non-hydrogen) atoms. The number of fused-ring (bicyclic) bond motifs is 4. The molecule has 2 saturated heterocycles. The molecule has 0 aromatic heterocycles. The summed E-state index contributed by atoms with van der Waals surface area (Å²) >= 11 is 0. The van der Waals surface area contributed by atoms with Crippen LogP contribution in [0.15, 0.2) is 0 Å². The Balaban J connectivity index is 1.89. The zero-order chi connectivity index (χ0) is 12.3. The Morgan fingerprint density at radius 1 is 1.29 bits per heavy atom. The van der Waals surface area contributed by atoms with Crippen LogP contribution in [0.4, 0.5) is 0 Å². The van der Waals surface area contributed by atoms with Crippen molar-refractivity contribution in [1.29, 1.82) is 0 Å². The largest absolute Gasteiger partial charge is 0.459 e. The first-order chi connectivity index (χ1) is 8.20. The number of amides is 1. The molecule has 1 saturated carbocycles. The molecule has 0 radical (unpaired) electrons. The van der Waals surface area contributed by atoms with Crippen molar-refractivity contribution >= 4 is 11.9 Å². The Morgan fingerprint density at radius 2 is 2.06 bits per heavy atom. The molecule has 1 aliphatic carbocycles. The van der Waals surface area contributed by atoms with Crippen LogP contribution in [-0.2, 0) is 19.1 Å². The highest BCUT2D eigenvalue weighted by atomic mass is 16.5. The zero-order valence-electron chi connectivity index (χ0n) is 10.1. The molecule has 5 nitrogen and oxygen atoms in total. The highest BCUT2D eigenvalue weighted by Gasteiger charge is 2.34. The van der Waals surface area contributed by atoms with Crippen LogP contribution in [0.25, 0.3) is 0 Å². The molecule has 1 amide bonds. The number of carbonyl (C=O) groups is 2. The Labute approximate surface area is 101 Å². The van der Waals surface area contributed by atoms with Gasteiger partial charge in [-0.15, -0.1) is 0 Å². The van der Waals surface area contributed by atoms with Gasteiger partial charge in [-0.1, -0.05) is 0 Å². The maximum absolute atomic E-state index is 11.5. The lowest BCUT2D eigenvalue weighted by Crippen LogP contribution is -2.47. The second kappa shape index (κ2) is 5.49. The number of hydrogen-bond acceptors (Lipinski definition) is 4. The number of nitrogens with one attached hydrogen (secondary N) is 1. The molecule has 3 fully saturated rings. The van der Waals surface area contributed by atoms with Crippen molar-refractivity contribution < 1.29 is 19.1 Å². The predicted molar refractivity (Wildman–Crippen MR) is 60.3 cm³/mol. The molecule has 5 heteroatoms. The standard InChI is InChI=1S/C12H19NO4/c1-2-16-12(15)11(14)13-9-5-3-8-4-6-10(9)17-7-8/h8-10H,2-7H2,1H3,(H,13,14). The molecule has 3 unspecified atom stereocenters. The summed E-state index contributed by atoms with van der Waals surface area (Å²) in [4.78, 5) is 22.8. The van der Waals surface area contributed by atoms with E-state index in [9.17, 15) is 9.59 Å². The van der Waals surface area contributed by atoms with Crippen molar-refractivity contribution in [3.05, 3.63) is 0 Å². The third kappa shape index (κ3) is 2.97. The van der Waals surface area contributed by atoms with Crippen molar-refractivity contribution in [3.8, 4) is 0 Å². The lowest BCUT2D eigenvalue weighted by Gasteiger charge is -2.28. The van der Waals surface area contributed by atoms with Crippen LogP contribution in [0.5, 0.6) is 0 Å². The van der Waals surface area contributed by atoms with Gasteiger partial charge in [0, 0.05) is 6.61 Å². The topological polar surface area (TPSA) is 64.6 Å². The Hall–Kier alpha value is -1.10. The average molecular weight is 241 g/mol. The van der Waals surface area contributed by atoms with Gasteiger partial charge in [-0.3, -0.25) is 4.79 Å². The van der Waals surface area contributed by atoms with Gasteiger partial charge in [-0.2, -0.15) is 0 Å². The first kappa shape index (κ1) is 12.4. The number of hydrogen-bond donors (Lipinski definition) is 1. The summed E-state index contributed by atoms with van der Waals surface area (Å²) in [6, 6.07) is -0.0422. The van der Waals surface area contributed by atoms with Gasteiger partial charge in [0.25, 0.3) is 0 Å². The predicted octanol–water partition coefficient (Wildman–Crippen LogP) is 0.623. The van der Waals surface area contributed by atoms with Gasteiger partial charge in [-0.25, -0.2) is 4.79 Å². The second-order valence-electron chi connectivity index (χ2n) is 4.69. The highest BCUT2D eigenvalue weighted by molar-refractivity contribution is 6.32. The quantitative estimate of drug-likeness (QED) is 0.568.